The largest absolute Gasteiger partial charge is 0.375 e. The smallest absolute Gasteiger partial charge is 0.225 e. The molecule has 1 aliphatic heterocycles. The molecule has 0 saturated carbocycles. The fraction of sp³-hybridized carbons (Fsp3) is 0.412. The number of hydrogen-bond donors (Lipinski definition) is 0. The lowest BCUT2D eigenvalue weighted by Crippen LogP contribution is -2.41. The summed E-state index contributed by atoms with van der Waals surface area (Å²) in [6.07, 6.45) is 5.11. The van der Waals surface area contributed by atoms with Gasteiger partial charge in [-0.1, -0.05) is 31.2 Å². The maximum atomic E-state index is 5.55. The Bertz CT molecular complexity index is 580. The highest BCUT2D eigenvalue weighted by Crippen LogP contribution is 2.20. The van der Waals surface area contributed by atoms with E-state index in [1.807, 2.05) is 12.4 Å². The van der Waals surface area contributed by atoms with Gasteiger partial charge in [0.15, 0.2) is 0 Å². The van der Waals surface area contributed by atoms with E-state index in [1.165, 1.54) is 5.56 Å². The molecule has 2 heterocycles. The quantitative estimate of drug-likeness (QED) is 0.868. The standard InChI is InChI=1S/C17H21N3O/c1-3-14-4-6-15(7-5-14)16-10-18-17(19-11-16)20-8-9-21-13(2)12-20/h4-7,10-11,13H,3,8-9,12H2,1-2H3. The summed E-state index contributed by atoms with van der Waals surface area (Å²) in [4.78, 5) is 11.2. The van der Waals surface area contributed by atoms with Crippen molar-refractivity contribution in [2.45, 2.75) is 26.4 Å². The van der Waals surface area contributed by atoms with Gasteiger partial charge in [-0.2, -0.15) is 0 Å². The summed E-state index contributed by atoms with van der Waals surface area (Å²) < 4.78 is 5.55. The Hall–Kier alpha value is -1.94. The topological polar surface area (TPSA) is 38.2 Å². The number of hydrogen-bond acceptors (Lipinski definition) is 4. The highest BCUT2D eigenvalue weighted by molar-refractivity contribution is 5.62. The Balaban J connectivity index is 1.76. The summed E-state index contributed by atoms with van der Waals surface area (Å²) in [6, 6.07) is 8.59. The van der Waals surface area contributed by atoms with Gasteiger partial charge in [-0.05, 0) is 24.5 Å². The lowest BCUT2D eigenvalue weighted by molar-refractivity contribution is 0.0526. The summed E-state index contributed by atoms with van der Waals surface area (Å²) >= 11 is 0. The molecule has 0 bridgehead atoms. The zero-order valence-corrected chi connectivity index (χ0v) is 12.6. The molecule has 1 unspecified atom stereocenters. The molecule has 3 rings (SSSR count). The Labute approximate surface area is 125 Å². The average molecular weight is 283 g/mol. The summed E-state index contributed by atoms with van der Waals surface area (Å²) in [5.41, 5.74) is 3.57. The predicted molar refractivity (Wildman–Crippen MR) is 84.5 cm³/mol. The van der Waals surface area contributed by atoms with Crippen LogP contribution in [0.3, 0.4) is 0 Å². The molecule has 110 valence electrons. The van der Waals surface area contributed by atoms with Crippen LogP contribution in [0.4, 0.5) is 5.95 Å². The van der Waals surface area contributed by atoms with E-state index in [1.54, 1.807) is 0 Å². The van der Waals surface area contributed by atoms with Crippen molar-refractivity contribution in [1.82, 2.24) is 9.97 Å². The van der Waals surface area contributed by atoms with E-state index in [4.69, 9.17) is 4.74 Å². The minimum Gasteiger partial charge on any atom is -0.375 e. The van der Waals surface area contributed by atoms with Crippen molar-refractivity contribution in [3.8, 4) is 11.1 Å². The van der Waals surface area contributed by atoms with Crippen LogP contribution in [0.15, 0.2) is 36.7 Å². The minimum atomic E-state index is 0.239. The van der Waals surface area contributed by atoms with Gasteiger partial charge in [-0.3, -0.25) is 0 Å². The fourth-order valence-corrected chi connectivity index (χ4v) is 2.57. The van der Waals surface area contributed by atoms with Crippen molar-refractivity contribution in [2.24, 2.45) is 0 Å². The summed E-state index contributed by atoms with van der Waals surface area (Å²) in [6.45, 7) is 6.69. The third kappa shape index (κ3) is 3.22. The molecule has 4 heteroatoms. The molecule has 0 radical (unpaired) electrons. The van der Waals surface area contributed by atoms with Crippen LogP contribution in [0.25, 0.3) is 11.1 Å². The van der Waals surface area contributed by atoms with Crippen LogP contribution in [-0.4, -0.2) is 35.8 Å². The normalized spacial score (nSPS) is 18.8. The molecule has 0 spiro atoms. The SMILES string of the molecule is CCc1ccc(-c2cnc(N3CCOC(C)C3)nc2)cc1. The molecule has 4 nitrogen and oxygen atoms in total. The average Bonchev–Trinajstić information content (AvgIpc) is 2.55. The molecule has 2 aromatic rings. The summed E-state index contributed by atoms with van der Waals surface area (Å²) in [7, 11) is 0. The number of morpholine rings is 1. The van der Waals surface area contributed by atoms with Crippen LogP contribution in [0.1, 0.15) is 19.4 Å². The number of nitrogens with zero attached hydrogens (tertiary/aromatic N) is 3. The van der Waals surface area contributed by atoms with Gasteiger partial charge in [-0.15, -0.1) is 0 Å². The van der Waals surface area contributed by atoms with Crippen molar-refractivity contribution in [2.75, 3.05) is 24.6 Å². The molecule has 1 aromatic heterocycles. The van der Waals surface area contributed by atoms with E-state index < -0.39 is 0 Å². The predicted octanol–water partition coefficient (Wildman–Crippen LogP) is 2.93. The van der Waals surface area contributed by atoms with Crippen LogP contribution in [0.2, 0.25) is 0 Å². The molecule has 1 aliphatic rings. The number of ether oxygens (including phenoxy) is 1. The van der Waals surface area contributed by atoms with Crippen molar-refractivity contribution in [3.63, 3.8) is 0 Å². The zero-order valence-electron chi connectivity index (χ0n) is 12.6. The number of aromatic nitrogens is 2. The first-order valence-corrected chi connectivity index (χ1v) is 7.54. The molecular formula is C17H21N3O. The molecule has 1 atom stereocenters. The molecule has 21 heavy (non-hydrogen) atoms. The maximum absolute atomic E-state index is 5.55. The van der Waals surface area contributed by atoms with Crippen LogP contribution in [-0.2, 0) is 11.2 Å². The van der Waals surface area contributed by atoms with Crippen LogP contribution in [0, 0.1) is 0 Å². The van der Waals surface area contributed by atoms with E-state index in [2.05, 4.69) is 53.0 Å². The van der Waals surface area contributed by atoms with E-state index in [0.29, 0.717) is 0 Å². The first kappa shape index (κ1) is 14.0. The molecule has 0 N–H and O–H groups in total. The third-order valence-corrected chi connectivity index (χ3v) is 3.86. The van der Waals surface area contributed by atoms with Gasteiger partial charge < -0.3 is 9.64 Å². The molecule has 1 fully saturated rings. The molecule has 1 aromatic carbocycles. The van der Waals surface area contributed by atoms with Crippen molar-refractivity contribution < 1.29 is 4.74 Å². The van der Waals surface area contributed by atoms with Crippen LogP contribution in [0.5, 0.6) is 0 Å². The Morgan fingerprint density at radius 2 is 1.86 bits per heavy atom. The lowest BCUT2D eigenvalue weighted by atomic mass is 10.1. The highest BCUT2D eigenvalue weighted by atomic mass is 16.5. The van der Waals surface area contributed by atoms with E-state index in [0.717, 1.165) is 43.2 Å². The van der Waals surface area contributed by atoms with Crippen molar-refractivity contribution >= 4 is 5.95 Å². The van der Waals surface area contributed by atoms with E-state index >= 15 is 0 Å². The second-order valence-electron chi connectivity index (χ2n) is 5.45. The van der Waals surface area contributed by atoms with Gasteiger partial charge in [0.1, 0.15) is 0 Å². The first-order valence-electron chi connectivity index (χ1n) is 7.54. The third-order valence-electron chi connectivity index (χ3n) is 3.86. The summed E-state index contributed by atoms with van der Waals surface area (Å²) in [5.74, 6) is 0.791. The van der Waals surface area contributed by atoms with Gasteiger partial charge >= 0.3 is 0 Å². The molecule has 0 aliphatic carbocycles. The molecule has 1 saturated heterocycles. The monoisotopic (exact) mass is 283 g/mol. The maximum Gasteiger partial charge on any atom is 0.225 e. The van der Waals surface area contributed by atoms with Gasteiger partial charge in [0.2, 0.25) is 5.95 Å². The van der Waals surface area contributed by atoms with Crippen molar-refractivity contribution in [3.05, 3.63) is 42.2 Å². The van der Waals surface area contributed by atoms with E-state index in [9.17, 15) is 0 Å². The van der Waals surface area contributed by atoms with Crippen LogP contribution < -0.4 is 4.90 Å². The Morgan fingerprint density at radius 3 is 2.48 bits per heavy atom. The van der Waals surface area contributed by atoms with Crippen LogP contribution >= 0.6 is 0 Å². The number of aryl methyl sites for hydroxylation is 1. The first-order chi connectivity index (χ1) is 10.3. The Kier molecular flexibility index (Phi) is 4.15. The lowest BCUT2D eigenvalue weighted by Gasteiger charge is -2.31. The molecular weight excluding hydrogens is 262 g/mol. The number of anilines is 1. The van der Waals surface area contributed by atoms with E-state index in [-0.39, 0.29) is 6.10 Å². The number of benzene rings is 1. The van der Waals surface area contributed by atoms with Gasteiger partial charge in [0.25, 0.3) is 0 Å². The van der Waals surface area contributed by atoms with Crippen molar-refractivity contribution in [1.29, 1.82) is 0 Å². The zero-order chi connectivity index (χ0) is 14.7. The summed E-state index contributed by atoms with van der Waals surface area (Å²) in [5, 5.41) is 0. The second kappa shape index (κ2) is 6.22. The fourth-order valence-electron chi connectivity index (χ4n) is 2.57. The van der Waals surface area contributed by atoms with Gasteiger partial charge in [0, 0.05) is 31.0 Å². The Morgan fingerprint density at radius 1 is 1.14 bits per heavy atom. The molecule has 0 amide bonds. The second-order valence-corrected chi connectivity index (χ2v) is 5.45. The number of rotatable bonds is 3. The van der Waals surface area contributed by atoms with Gasteiger partial charge in [-0.25, -0.2) is 9.97 Å². The highest BCUT2D eigenvalue weighted by Gasteiger charge is 2.18. The minimum absolute atomic E-state index is 0.239. The van der Waals surface area contributed by atoms with Gasteiger partial charge in [0.05, 0.1) is 12.7 Å².